The molecule has 0 saturated carbocycles. The third-order valence-electron chi connectivity index (χ3n) is 15.8. The van der Waals surface area contributed by atoms with Crippen LogP contribution in [0.25, 0.3) is 0 Å². The summed E-state index contributed by atoms with van der Waals surface area (Å²) in [6.07, 6.45) is 76.8. The Bertz CT molecular complexity index is 1170. The van der Waals surface area contributed by atoms with Gasteiger partial charge >= 0.3 is 17.9 Å². The smallest absolute Gasteiger partial charge is 0.306 e. The van der Waals surface area contributed by atoms with E-state index in [2.05, 4.69) is 32.9 Å². The fourth-order valence-electron chi connectivity index (χ4n) is 10.6. The highest BCUT2D eigenvalue weighted by molar-refractivity contribution is 5.71. The van der Waals surface area contributed by atoms with Crippen LogP contribution >= 0.6 is 0 Å². The van der Waals surface area contributed by atoms with Gasteiger partial charge in [-0.15, -0.1) is 0 Å². The fraction of sp³-hybridized carbons (Fsp3) is 0.928. The summed E-state index contributed by atoms with van der Waals surface area (Å²) in [5.74, 6) is -0.847. The molecule has 1 unspecified atom stereocenters. The summed E-state index contributed by atoms with van der Waals surface area (Å²) in [6, 6.07) is 0. The number of hydrogen-bond donors (Lipinski definition) is 0. The van der Waals surface area contributed by atoms with Crippen molar-refractivity contribution in [1.29, 1.82) is 0 Å². The molecule has 0 amide bonds. The zero-order valence-corrected chi connectivity index (χ0v) is 51.1. The van der Waals surface area contributed by atoms with Crippen LogP contribution in [0, 0.1) is 0 Å². The number of ether oxygens (including phenoxy) is 3. The number of carbonyl (C=O) groups is 3. The van der Waals surface area contributed by atoms with Crippen molar-refractivity contribution in [2.24, 2.45) is 0 Å². The van der Waals surface area contributed by atoms with E-state index in [9.17, 15) is 14.4 Å². The van der Waals surface area contributed by atoms with E-state index in [0.717, 1.165) is 64.2 Å². The van der Waals surface area contributed by atoms with Crippen LogP contribution < -0.4 is 0 Å². The van der Waals surface area contributed by atoms with Crippen LogP contribution in [0.1, 0.15) is 393 Å². The van der Waals surface area contributed by atoms with Gasteiger partial charge in [0, 0.05) is 19.3 Å². The Morgan fingerprint density at radius 1 is 0.253 bits per heavy atom. The number of carbonyl (C=O) groups excluding carboxylic acids is 3. The minimum atomic E-state index is -0.769. The molecule has 0 aromatic rings. The van der Waals surface area contributed by atoms with E-state index < -0.39 is 6.10 Å². The van der Waals surface area contributed by atoms with E-state index in [1.54, 1.807) is 0 Å². The second kappa shape index (κ2) is 64.7. The van der Waals surface area contributed by atoms with E-state index in [1.807, 2.05) is 0 Å². The van der Waals surface area contributed by atoms with Crippen molar-refractivity contribution >= 4 is 17.9 Å². The molecular formula is C69H132O6. The molecule has 0 aliphatic carbocycles. The van der Waals surface area contributed by atoms with E-state index in [4.69, 9.17) is 14.2 Å². The second-order valence-electron chi connectivity index (χ2n) is 23.5. The lowest BCUT2D eigenvalue weighted by Gasteiger charge is -2.18. The first-order valence-electron chi connectivity index (χ1n) is 34.2. The largest absolute Gasteiger partial charge is 0.462 e. The monoisotopic (exact) mass is 1060 g/mol. The molecule has 1 atom stereocenters. The second-order valence-corrected chi connectivity index (χ2v) is 23.5. The van der Waals surface area contributed by atoms with Crippen LogP contribution in [-0.4, -0.2) is 37.2 Å². The van der Waals surface area contributed by atoms with Gasteiger partial charge in [0.25, 0.3) is 0 Å². The average molecular weight is 1060 g/mol. The van der Waals surface area contributed by atoms with Crippen molar-refractivity contribution in [1.82, 2.24) is 0 Å². The average Bonchev–Trinajstić information content (AvgIpc) is 3.41. The van der Waals surface area contributed by atoms with E-state index in [0.29, 0.717) is 19.3 Å². The summed E-state index contributed by atoms with van der Waals surface area (Å²) in [5.41, 5.74) is 0. The number of esters is 3. The topological polar surface area (TPSA) is 78.9 Å². The van der Waals surface area contributed by atoms with Crippen LogP contribution in [0.2, 0.25) is 0 Å². The van der Waals surface area contributed by atoms with Gasteiger partial charge in [0.15, 0.2) is 6.10 Å². The first-order valence-corrected chi connectivity index (χ1v) is 34.2. The van der Waals surface area contributed by atoms with Crippen molar-refractivity contribution < 1.29 is 28.6 Å². The molecule has 0 rings (SSSR count). The molecule has 6 nitrogen and oxygen atoms in total. The summed E-state index contributed by atoms with van der Waals surface area (Å²) < 4.78 is 16.9. The zero-order valence-electron chi connectivity index (χ0n) is 51.1. The maximum atomic E-state index is 12.9. The van der Waals surface area contributed by atoms with Crippen molar-refractivity contribution in [3.05, 3.63) is 12.2 Å². The lowest BCUT2D eigenvalue weighted by molar-refractivity contribution is -0.167. The molecule has 0 aliphatic rings. The van der Waals surface area contributed by atoms with E-state index in [-0.39, 0.29) is 31.1 Å². The lowest BCUT2D eigenvalue weighted by atomic mass is 10.0. The first kappa shape index (κ1) is 73.2. The molecule has 75 heavy (non-hydrogen) atoms. The maximum Gasteiger partial charge on any atom is 0.306 e. The molecule has 0 heterocycles. The van der Waals surface area contributed by atoms with Crippen molar-refractivity contribution in [2.75, 3.05) is 13.2 Å². The van der Waals surface area contributed by atoms with Crippen LogP contribution in [-0.2, 0) is 28.6 Å². The summed E-state index contributed by atoms with van der Waals surface area (Å²) in [6.45, 7) is 6.69. The van der Waals surface area contributed by atoms with Crippen molar-refractivity contribution in [3.63, 3.8) is 0 Å². The summed E-state index contributed by atoms with van der Waals surface area (Å²) >= 11 is 0. The number of allylic oxidation sites excluding steroid dienone is 2. The number of hydrogen-bond acceptors (Lipinski definition) is 6. The van der Waals surface area contributed by atoms with Crippen LogP contribution in [0.3, 0.4) is 0 Å². The minimum absolute atomic E-state index is 0.0671. The summed E-state index contributed by atoms with van der Waals surface area (Å²) in [5, 5.41) is 0. The van der Waals surface area contributed by atoms with E-state index in [1.165, 1.54) is 289 Å². The van der Waals surface area contributed by atoms with Crippen molar-refractivity contribution in [2.45, 2.75) is 399 Å². The molecule has 6 heteroatoms. The van der Waals surface area contributed by atoms with Gasteiger partial charge in [-0.3, -0.25) is 14.4 Å². The number of unbranched alkanes of at least 4 members (excludes halogenated alkanes) is 51. The Hall–Kier alpha value is -1.85. The highest BCUT2D eigenvalue weighted by Gasteiger charge is 2.19. The van der Waals surface area contributed by atoms with Gasteiger partial charge in [-0.1, -0.05) is 341 Å². The summed E-state index contributed by atoms with van der Waals surface area (Å²) in [7, 11) is 0. The molecular weight excluding hydrogens is 925 g/mol. The molecule has 444 valence electrons. The Kier molecular flexibility index (Phi) is 63.1. The minimum Gasteiger partial charge on any atom is -0.462 e. The van der Waals surface area contributed by atoms with Gasteiger partial charge in [-0.25, -0.2) is 0 Å². The Morgan fingerprint density at radius 3 is 0.680 bits per heavy atom. The third-order valence-corrected chi connectivity index (χ3v) is 15.8. The molecule has 0 N–H and O–H groups in total. The Balaban J connectivity index is 4.05. The van der Waals surface area contributed by atoms with Gasteiger partial charge in [-0.2, -0.15) is 0 Å². The van der Waals surface area contributed by atoms with Gasteiger partial charge in [-0.05, 0) is 44.9 Å². The molecule has 0 aromatic carbocycles. The molecule has 0 radical (unpaired) electrons. The van der Waals surface area contributed by atoms with Gasteiger partial charge < -0.3 is 14.2 Å². The zero-order chi connectivity index (χ0) is 54.3. The summed E-state index contributed by atoms with van der Waals surface area (Å²) in [4.78, 5) is 38.2. The predicted molar refractivity (Wildman–Crippen MR) is 326 cm³/mol. The predicted octanol–water partition coefficient (Wildman–Crippen LogP) is 23.2. The van der Waals surface area contributed by atoms with Crippen molar-refractivity contribution in [3.8, 4) is 0 Å². The number of rotatable bonds is 64. The lowest BCUT2D eigenvalue weighted by Crippen LogP contribution is -2.30. The van der Waals surface area contributed by atoms with Crippen LogP contribution in [0.4, 0.5) is 0 Å². The molecule has 0 spiro atoms. The maximum absolute atomic E-state index is 12.9. The van der Waals surface area contributed by atoms with Gasteiger partial charge in [0.2, 0.25) is 0 Å². The van der Waals surface area contributed by atoms with Crippen LogP contribution in [0.15, 0.2) is 12.2 Å². The highest BCUT2D eigenvalue weighted by Crippen LogP contribution is 2.19. The molecule has 0 fully saturated rings. The molecule has 0 aromatic heterocycles. The van der Waals surface area contributed by atoms with Gasteiger partial charge in [0.05, 0.1) is 0 Å². The molecule has 0 saturated heterocycles. The quantitative estimate of drug-likeness (QED) is 0.0261. The highest BCUT2D eigenvalue weighted by atomic mass is 16.6. The molecule has 0 aliphatic heterocycles. The molecule has 0 bridgehead atoms. The van der Waals surface area contributed by atoms with Gasteiger partial charge in [0.1, 0.15) is 13.2 Å². The van der Waals surface area contributed by atoms with Crippen LogP contribution in [0.5, 0.6) is 0 Å². The first-order chi connectivity index (χ1) is 37.0. The Morgan fingerprint density at radius 2 is 0.440 bits per heavy atom. The normalized spacial score (nSPS) is 12.0. The Labute approximate surface area is 469 Å². The third kappa shape index (κ3) is 62.9. The standard InChI is InChI=1S/C69H132O6/c1-4-7-10-13-16-19-22-25-26-27-28-29-30-31-32-33-34-35-36-37-38-39-40-41-42-45-47-50-53-56-59-62-68(71)74-65-66(75-69(72)63-60-57-54-51-48-44-24-21-18-15-12-9-6-3)64-73-67(70)61-58-55-52-49-46-43-23-20-17-14-11-8-5-2/h21,24,66H,4-20,22-23,25-65H2,1-3H3/b24-21-. The van der Waals surface area contributed by atoms with E-state index >= 15 is 0 Å². The fourth-order valence-corrected chi connectivity index (χ4v) is 10.6. The SMILES string of the molecule is CCCCCC/C=C\CCCCCCCC(=O)OC(COC(=O)CCCCCCCCCCCCCCC)COC(=O)CCCCCCCCCCCCCCCCCCCCCCCCCCCCCCCCC.